The molecule has 0 saturated carbocycles. The van der Waals surface area contributed by atoms with E-state index in [1.54, 1.807) is 24.3 Å². The highest BCUT2D eigenvalue weighted by Gasteiger charge is 2.17. The molecule has 3 N–H and O–H groups in total. The van der Waals surface area contributed by atoms with E-state index < -0.39 is 15.8 Å². The molecule has 0 bridgehead atoms. The molecule has 0 heterocycles. The lowest BCUT2D eigenvalue weighted by molar-refractivity contribution is 0.0951. The quantitative estimate of drug-likeness (QED) is 0.287. The summed E-state index contributed by atoms with van der Waals surface area (Å²) in [6.45, 7) is 7.95. The highest BCUT2D eigenvalue weighted by atomic mass is 35.5. The van der Waals surface area contributed by atoms with Crippen LogP contribution in [0.4, 0.5) is 0 Å². The van der Waals surface area contributed by atoms with Gasteiger partial charge in [0.05, 0.1) is 5.02 Å². The van der Waals surface area contributed by atoms with Gasteiger partial charge in [-0.25, -0.2) is 13.6 Å². The Bertz CT molecular complexity index is 1150. The van der Waals surface area contributed by atoms with Gasteiger partial charge in [-0.05, 0) is 55.2 Å². The van der Waals surface area contributed by atoms with Gasteiger partial charge in [-0.3, -0.25) is 9.59 Å². The molecule has 0 fully saturated rings. The average molecular weight is 473 g/mol. The molecule has 2 aromatic carbocycles. The number of allylic oxidation sites excluding steroid dienone is 4. The van der Waals surface area contributed by atoms with Gasteiger partial charge in [0.25, 0.3) is 5.91 Å². The van der Waals surface area contributed by atoms with Gasteiger partial charge in [0, 0.05) is 23.2 Å². The molecular weight excluding hydrogens is 448 g/mol. The van der Waals surface area contributed by atoms with E-state index >= 15 is 0 Å². The maximum atomic E-state index is 12.7. The van der Waals surface area contributed by atoms with Crippen LogP contribution in [0.3, 0.4) is 0 Å². The van der Waals surface area contributed by atoms with Crippen molar-refractivity contribution in [2.24, 2.45) is 5.14 Å². The van der Waals surface area contributed by atoms with E-state index in [-0.39, 0.29) is 21.4 Å². The first-order chi connectivity index (χ1) is 15.2. The third-order valence-corrected chi connectivity index (χ3v) is 6.07. The summed E-state index contributed by atoms with van der Waals surface area (Å²) in [6.07, 6.45) is 8.00. The Balaban J connectivity index is 1.97. The molecule has 2 rings (SSSR count). The van der Waals surface area contributed by atoms with Gasteiger partial charge in [0.15, 0.2) is 5.78 Å². The molecule has 0 saturated heterocycles. The zero-order valence-electron chi connectivity index (χ0n) is 17.5. The molecule has 8 heteroatoms. The van der Waals surface area contributed by atoms with Crippen molar-refractivity contribution in [3.63, 3.8) is 0 Å². The number of sulfonamides is 1. The number of primary sulfonamides is 1. The highest BCUT2D eigenvalue weighted by Crippen LogP contribution is 2.23. The van der Waals surface area contributed by atoms with Crippen molar-refractivity contribution < 1.29 is 18.0 Å². The van der Waals surface area contributed by atoms with Crippen LogP contribution >= 0.6 is 11.6 Å². The number of hydrogen-bond donors (Lipinski definition) is 2. The predicted octanol–water partition coefficient (Wildman–Crippen LogP) is 4.42. The van der Waals surface area contributed by atoms with E-state index in [4.69, 9.17) is 16.7 Å². The van der Waals surface area contributed by atoms with E-state index in [0.29, 0.717) is 17.7 Å². The topological polar surface area (TPSA) is 106 Å². The van der Waals surface area contributed by atoms with Gasteiger partial charge in [-0.2, -0.15) is 0 Å². The van der Waals surface area contributed by atoms with E-state index in [0.717, 1.165) is 30.9 Å². The van der Waals surface area contributed by atoms with Gasteiger partial charge < -0.3 is 5.32 Å². The molecule has 168 valence electrons. The maximum Gasteiger partial charge on any atom is 0.251 e. The van der Waals surface area contributed by atoms with Crippen molar-refractivity contribution >= 4 is 33.3 Å². The normalized spacial score (nSPS) is 11.6. The lowest BCUT2D eigenvalue weighted by Crippen LogP contribution is -2.24. The first kappa shape index (κ1) is 25.3. The second-order valence-corrected chi connectivity index (χ2v) is 8.93. The Morgan fingerprint density at radius 3 is 2.22 bits per heavy atom. The summed E-state index contributed by atoms with van der Waals surface area (Å²) < 4.78 is 23.2. The van der Waals surface area contributed by atoms with Crippen LogP contribution in [0.25, 0.3) is 0 Å². The molecule has 6 nitrogen and oxygen atoms in total. The zero-order chi connectivity index (χ0) is 23.7. The van der Waals surface area contributed by atoms with E-state index in [9.17, 15) is 18.0 Å². The molecule has 0 unspecified atom stereocenters. The fourth-order valence-corrected chi connectivity index (χ4v) is 4.04. The number of benzene rings is 2. The molecule has 0 spiro atoms. The third-order valence-electron chi connectivity index (χ3n) is 4.68. The number of halogens is 1. The van der Waals surface area contributed by atoms with Crippen molar-refractivity contribution in [1.82, 2.24) is 5.32 Å². The van der Waals surface area contributed by atoms with Crippen molar-refractivity contribution in [1.29, 1.82) is 0 Å². The number of nitrogens with two attached hydrogens (primary N) is 1. The SMILES string of the molecule is C=C/C=C(\C=C)CCCCNC(=O)c1ccc(C(=O)c2ccc(Cl)c(S(N)(=O)=O)c2)cc1. The van der Waals surface area contributed by atoms with Crippen LogP contribution < -0.4 is 10.5 Å². The van der Waals surface area contributed by atoms with Crippen LogP contribution in [0.2, 0.25) is 5.02 Å². The molecule has 0 radical (unpaired) electrons. The van der Waals surface area contributed by atoms with Crippen molar-refractivity contribution in [2.75, 3.05) is 6.54 Å². The molecule has 1 amide bonds. The minimum absolute atomic E-state index is 0.0616. The fourth-order valence-electron chi connectivity index (χ4n) is 2.97. The molecule has 0 atom stereocenters. The smallest absolute Gasteiger partial charge is 0.251 e. The number of carbonyl (C=O) groups excluding carboxylic acids is 2. The maximum absolute atomic E-state index is 12.7. The first-order valence-corrected chi connectivity index (χ1v) is 11.8. The number of unbranched alkanes of at least 4 members (excludes halogenated alkanes) is 1. The summed E-state index contributed by atoms with van der Waals surface area (Å²) in [5, 5.41) is 7.92. The van der Waals surface area contributed by atoms with Crippen LogP contribution in [0, 0.1) is 0 Å². The number of carbonyl (C=O) groups is 2. The predicted molar refractivity (Wildman–Crippen MR) is 127 cm³/mol. The minimum atomic E-state index is -4.06. The Morgan fingerprint density at radius 2 is 1.62 bits per heavy atom. The van der Waals surface area contributed by atoms with Crippen molar-refractivity contribution in [3.05, 3.63) is 101 Å². The standard InChI is InChI=1S/C24H25ClN2O4S/c1-3-7-17(4-2)8-5-6-15-27-24(29)19-11-9-18(10-12-19)23(28)20-13-14-21(25)22(16-20)32(26,30)31/h3-4,7,9-14,16H,1-2,5-6,8,15H2,(H,27,29)(H2,26,30,31)/b17-7+. The van der Waals surface area contributed by atoms with Crippen LogP contribution in [0.5, 0.6) is 0 Å². The highest BCUT2D eigenvalue weighted by molar-refractivity contribution is 7.89. The van der Waals surface area contributed by atoms with Crippen LogP contribution in [0.1, 0.15) is 45.5 Å². The lowest BCUT2D eigenvalue weighted by atomic mass is 10.0. The summed E-state index contributed by atoms with van der Waals surface area (Å²) in [4.78, 5) is 24.7. The molecule has 0 aliphatic rings. The minimum Gasteiger partial charge on any atom is -0.352 e. The molecule has 0 aromatic heterocycles. The van der Waals surface area contributed by atoms with E-state index in [1.807, 2.05) is 6.08 Å². The summed E-state index contributed by atoms with van der Waals surface area (Å²) in [5.74, 6) is -0.651. The summed E-state index contributed by atoms with van der Waals surface area (Å²) in [6, 6.07) is 9.98. The van der Waals surface area contributed by atoms with Crippen LogP contribution in [0.15, 0.2) is 84.3 Å². The Morgan fingerprint density at radius 1 is 1.00 bits per heavy atom. The molecule has 0 aliphatic carbocycles. The van der Waals surface area contributed by atoms with Crippen LogP contribution in [-0.4, -0.2) is 26.7 Å². The number of ketones is 1. The van der Waals surface area contributed by atoms with Gasteiger partial charge in [0.1, 0.15) is 4.90 Å². The first-order valence-electron chi connectivity index (χ1n) is 9.86. The van der Waals surface area contributed by atoms with E-state index in [2.05, 4.69) is 18.5 Å². The number of nitrogens with one attached hydrogen (secondary N) is 1. The average Bonchev–Trinajstić information content (AvgIpc) is 2.77. The number of amides is 1. The number of rotatable bonds is 11. The monoisotopic (exact) mass is 472 g/mol. The van der Waals surface area contributed by atoms with Gasteiger partial charge in [-0.15, -0.1) is 0 Å². The second-order valence-electron chi connectivity index (χ2n) is 6.99. The molecule has 2 aromatic rings. The Labute approximate surface area is 193 Å². The van der Waals surface area contributed by atoms with Crippen molar-refractivity contribution in [2.45, 2.75) is 24.2 Å². The zero-order valence-corrected chi connectivity index (χ0v) is 19.1. The molecular formula is C24H25ClN2O4S. The fraction of sp³-hybridized carbons (Fsp3) is 0.167. The van der Waals surface area contributed by atoms with Gasteiger partial charge in [0.2, 0.25) is 10.0 Å². The summed E-state index contributed by atoms with van der Waals surface area (Å²) >= 11 is 5.86. The summed E-state index contributed by atoms with van der Waals surface area (Å²) in [5.41, 5.74) is 1.94. The Kier molecular flexibility index (Phi) is 9.13. The van der Waals surface area contributed by atoms with Gasteiger partial charge >= 0.3 is 0 Å². The summed E-state index contributed by atoms with van der Waals surface area (Å²) in [7, 11) is -4.06. The second kappa shape index (κ2) is 11.6. The van der Waals surface area contributed by atoms with E-state index in [1.165, 1.54) is 24.3 Å². The van der Waals surface area contributed by atoms with Crippen LogP contribution in [-0.2, 0) is 10.0 Å². The largest absolute Gasteiger partial charge is 0.352 e. The van der Waals surface area contributed by atoms with Crippen molar-refractivity contribution in [3.8, 4) is 0 Å². The van der Waals surface area contributed by atoms with Gasteiger partial charge in [-0.1, -0.05) is 55.1 Å². The molecule has 0 aliphatic heterocycles. The lowest BCUT2D eigenvalue weighted by Gasteiger charge is -2.08. The number of hydrogen-bond acceptors (Lipinski definition) is 4. The molecule has 32 heavy (non-hydrogen) atoms. The Hall–Kier alpha value is -3.00. The third kappa shape index (κ3) is 7.02.